The van der Waals surface area contributed by atoms with Gasteiger partial charge in [0.15, 0.2) is 0 Å². The van der Waals surface area contributed by atoms with Gasteiger partial charge in [0.05, 0.1) is 5.69 Å². The number of nitrogens with zero attached hydrogens (tertiary/aromatic N) is 3. The van der Waals surface area contributed by atoms with Gasteiger partial charge in [0, 0.05) is 23.0 Å². The van der Waals surface area contributed by atoms with Crippen LogP contribution in [0.5, 0.6) is 0 Å². The van der Waals surface area contributed by atoms with Crippen LogP contribution in [0.3, 0.4) is 0 Å². The summed E-state index contributed by atoms with van der Waals surface area (Å²) >= 11 is 1.50. The lowest BCUT2D eigenvalue weighted by atomic mass is 10.1. The zero-order valence-corrected chi connectivity index (χ0v) is 12.1. The zero-order chi connectivity index (χ0) is 15.2. The fourth-order valence-corrected chi connectivity index (χ4v) is 2.62. The summed E-state index contributed by atoms with van der Waals surface area (Å²) in [6.07, 6.45) is 0.393. The van der Waals surface area contributed by atoms with Gasteiger partial charge in [0.25, 0.3) is 6.41 Å². The molecule has 6 nitrogen and oxygen atoms in total. The summed E-state index contributed by atoms with van der Waals surface area (Å²) in [7, 11) is 1.73. The highest BCUT2D eigenvalue weighted by Crippen LogP contribution is 2.32. The van der Waals surface area contributed by atoms with Crippen LogP contribution >= 0.6 is 11.3 Å². The number of carboxylic acid groups (broad SMARTS) is 1. The molecule has 0 aliphatic heterocycles. The Morgan fingerprint density at radius 3 is 2.71 bits per heavy atom. The molecule has 1 amide bonds. The Kier molecular flexibility index (Phi) is 4.78. The van der Waals surface area contributed by atoms with Crippen molar-refractivity contribution < 1.29 is 14.7 Å². The van der Waals surface area contributed by atoms with Crippen molar-refractivity contribution in [3.63, 3.8) is 0 Å². The molecule has 0 spiro atoms. The van der Waals surface area contributed by atoms with Gasteiger partial charge in [-0.3, -0.25) is 9.59 Å². The van der Waals surface area contributed by atoms with E-state index in [-0.39, 0.29) is 6.54 Å². The van der Waals surface area contributed by atoms with E-state index in [4.69, 9.17) is 5.11 Å². The van der Waals surface area contributed by atoms with E-state index >= 15 is 0 Å². The number of amides is 1. The van der Waals surface area contributed by atoms with E-state index in [1.165, 1.54) is 11.3 Å². The van der Waals surface area contributed by atoms with Crippen LogP contribution < -0.4 is 4.90 Å². The van der Waals surface area contributed by atoms with Gasteiger partial charge < -0.3 is 10.0 Å². The first kappa shape index (κ1) is 14.9. The number of azo groups is 1. The van der Waals surface area contributed by atoms with Crippen LogP contribution in [0, 0.1) is 0 Å². The molecule has 0 atom stereocenters. The van der Waals surface area contributed by atoms with Gasteiger partial charge >= 0.3 is 5.97 Å². The highest BCUT2D eigenvalue weighted by molar-refractivity contribution is 7.14. The molecule has 0 bridgehead atoms. The van der Waals surface area contributed by atoms with Crippen molar-refractivity contribution in [2.45, 2.75) is 0 Å². The van der Waals surface area contributed by atoms with Gasteiger partial charge in [-0.2, -0.15) is 0 Å². The number of likely N-dealkylation sites (N-methyl/N-ethyl adjacent to an activating group) is 1. The summed E-state index contributed by atoms with van der Waals surface area (Å²) in [6.45, 7) is -0.0470. The van der Waals surface area contributed by atoms with Gasteiger partial charge in [-0.1, -0.05) is 12.1 Å². The average molecular weight is 303 g/mol. The Morgan fingerprint density at radius 1 is 1.38 bits per heavy atom. The molecule has 1 aromatic heterocycles. The molecule has 21 heavy (non-hydrogen) atoms. The molecule has 0 radical (unpaired) electrons. The predicted molar refractivity (Wildman–Crippen MR) is 81.2 cm³/mol. The topological polar surface area (TPSA) is 82.3 Å². The minimum atomic E-state index is -0.870. The van der Waals surface area contributed by atoms with Crippen LogP contribution in [-0.4, -0.2) is 31.1 Å². The minimum Gasteiger partial charge on any atom is -0.480 e. The number of carbonyl (C=O) groups excluding carboxylic acids is 1. The molecule has 0 aliphatic carbocycles. The summed E-state index contributed by atoms with van der Waals surface area (Å²) in [4.78, 5) is 23.5. The van der Waals surface area contributed by atoms with E-state index in [2.05, 4.69) is 10.2 Å². The molecule has 108 valence electrons. The lowest BCUT2D eigenvalue weighted by molar-refractivity contribution is -0.135. The van der Waals surface area contributed by atoms with Gasteiger partial charge in [0.1, 0.15) is 6.54 Å². The van der Waals surface area contributed by atoms with Crippen molar-refractivity contribution in [2.24, 2.45) is 10.2 Å². The second-order valence-corrected chi connectivity index (χ2v) is 5.20. The van der Waals surface area contributed by atoms with Crippen LogP contribution in [0.2, 0.25) is 0 Å². The number of anilines is 1. The molecule has 1 N–H and O–H groups in total. The van der Waals surface area contributed by atoms with E-state index in [1.807, 2.05) is 35.7 Å². The lowest BCUT2D eigenvalue weighted by Crippen LogP contribution is -2.24. The Balaban J connectivity index is 2.15. The predicted octanol–water partition coefficient (Wildman–Crippen LogP) is 3.18. The maximum atomic E-state index is 10.7. The van der Waals surface area contributed by atoms with Crippen molar-refractivity contribution in [3.05, 3.63) is 35.7 Å². The van der Waals surface area contributed by atoms with Crippen LogP contribution in [0.4, 0.5) is 11.4 Å². The van der Waals surface area contributed by atoms with Gasteiger partial charge in [-0.15, -0.1) is 21.6 Å². The summed E-state index contributed by atoms with van der Waals surface area (Å²) in [5.74, 6) is -0.870. The fourth-order valence-electron chi connectivity index (χ4n) is 1.79. The van der Waals surface area contributed by atoms with Crippen molar-refractivity contribution in [1.82, 2.24) is 0 Å². The van der Waals surface area contributed by atoms with Crippen LogP contribution in [-0.2, 0) is 9.59 Å². The van der Waals surface area contributed by atoms with Crippen LogP contribution in [0.15, 0.2) is 45.9 Å². The number of thiophene rings is 1. The first-order chi connectivity index (χ1) is 10.1. The third kappa shape index (κ3) is 3.96. The van der Waals surface area contributed by atoms with E-state index in [0.717, 1.165) is 16.1 Å². The van der Waals surface area contributed by atoms with Crippen molar-refractivity contribution >= 4 is 35.1 Å². The third-order valence-corrected chi connectivity index (χ3v) is 3.74. The molecular weight excluding hydrogens is 290 g/mol. The first-order valence-corrected chi connectivity index (χ1v) is 6.94. The summed E-state index contributed by atoms with van der Waals surface area (Å²) in [6, 6.07) is 9.41. The Hall–Kier alpha value is -2.54. The highest BCUT2D eigenvalue weighted by Gasteiger charge is 2.07. The van der Waals surface area contributed by atoms with Gasteiger partial charge in [-0.25, -0.2) is 0 Å². The van der Waals surface area contributed by atoms with Crippen LogP contribution in [0.1, 0.15) is 0 Å². The number of hydrogen-bond acceptors (Lipinski definition) is 5. The SMILES string of the molecule is CN(CC(=O)O)c1ccc(-c2cc(N=NC=O)cs2)cc1. The number of rotatable bonds is 6. The standard InChI is InChI=1S/C14H13N3O3S/c1-17(7-14(19)20)12-4-2-10(3-5-12)13-6-11(8-21-13)16-15-9-18/h2-6,8-9H,7H2,1H3,(H,19,20). The van der Waals surface area contributed by atoms with Gasteiger partial charge in [-0.05, 0) is 23.8 Å². The second kappa shape index (κ2) is 6.76. The molecule has 0 unspecified atom stereocenters. The molecule has 2 rings (SSSR count). The summed E-state index contributed by atoms with van der Waals surface area (Å²) in [5, 5.41) is 17.6. The first-order valence-electron chi connectivity index (χ1n) is 6.06. The second-order valence-electron chi connectivity index (χ2n) is 4.29. The molecule has 0 saturated heterocycles. The Labute approximate surface area is 125 Å². The molecule has 1 heterocycles. The molecule has 0 saturated carbocycles. The van der Waals surface area contributed by atoms with E-state index in [9.17, 15) is 9.59 Å². The summed E-state index contributed by atoms with van der Waals surface area (Å²) < 4.78 is 0. The number of carbonyl (C=O) groups is 2. The van der Waals surface area contributed by atoms with Crippen molar-refractivity contribution in [3.8, 4) is 10.4 Å². The number of benzene rings is 1. The zero-order valence-electron chi connectivity index (χ0n) is 11.3. The van der Waals surface area contributed by atoms with Crippen molar-refractivity contribution in [2.75, 3.05) is 18.5 Å². The summed E-state index contributed by atoms with van der Waals surface area (Å²) in [5.41, 5.74) is 2.47. The third-order valence-electron chi connectivity index (χ3n) is 2.77. The fraction of sp³-hybridized carbons (Fsp3) is 0.143. The molecule has 7 heteroatoms. The van der Waals surface area contributed by atoms with E-state index in [1.54, 1.807) is 11.9 Å². The normalized spacial score (nSPS) is 10.7. The number of aliphatic carboxylic acids is 1. The lowest BCUT2D eigenvalue weighted by Gasteiger charge is -2.16. The minimum absolute atomic E-state index is 0.0470. The Bertz CT molecular complexity index is 664. The smallest absolute Gasteiger partial charge is 0.323 e. The maximum Gasteiger partial charge on any atom is 0.323 e. The quantitative estimate of drug-likeness (QED) is 0.656. The van der Waals surface area contributed by atoms with E-state index in [0.29, 0.717) is 12.1 Å². The van der Waals surface area contributed by atoms with Gasteiger partial charge in [0.2, 0.25) is 0 Å². The largest absolute Gasteiger partial charge is 0.480 e. The number of hydrogen-bond donors (Lipinski definition) is 1. The highest BCUT2D eigenvalue weighted by atomic mass is 32.1. The average Bonchev–Trinajstić information content (AvgIpc) is 2.93. The molecule has 0 aliphatic rings. The maximum absolute atomic E-state index is 10.7. The molecule has 0 fully saturated rings. The van der Waals surface area contributed by atoms with Crippen molar-refractivity contribution in [1.29, 1.82) is 0 Å². The Morgan fingerprint density at radius 2 is 2.10 bits per heavy atom. The van der Waals surface area contributed by atoms with E-state index < -0.39 is 5.97 Å². The molecular formula is C14H13N3O3S. The number of carboxylic acids is 1. The molecule has 1 aromatic carbocycles. The monoisotopic (exact) mass is 303 g/mol. The van der Waals surface area contributed by atoms with Crippen LogP contribution in [0.25, 0.3) is 10.4 Å². The molecule has 2 aromatic rings.